The lowest BCUT2D eigenvalue weighted by Crippen LogP contribution is -2.45. The number of pyridine rings is 1. The average molecular weight is 421 g/mol. The number of benzene rings is 1. The highest BCUT2D eigenvalue weighted by Crippen LogP contribution is 2.27. The van der Waals surface area contributed by atoms with Crippen LogP contribution in [-0.4, -0.2) is 27.7 Å². The highest BCUT2D eigenvalue weighted by Gasteiger charge is 2.34. The van der Waals surface area contributed by atoms with Gasteiger partial charge in [0.05, 0.1) is 6.26 Å². The van der Waals surface area contributed by atoms with E-state index in [4.69, 9.17) is 4.42 Å². The zero-order chi connectivity index (χ0) is 21.6. The molecule has 6 nitrogen and oxygen atoms in total. The van der Waals surface area contributed by atoms with Crippen LogP contribution in [0.3, 0.4) is 0 Å². The lowest BCUT2D eigenvalue weighted by molar-refractivity contribution is -0.126. The summed E-state index contributed by atoms with van der Waals surface area (Å²) >= 11 is 0. The molecular weight excluding hydrogens is 397 g/mol. The topological polar surface area (TPSA) is 75.4 Å². The summed E-state index contributed by atoms with van der Waals surface area (Å²) in [6.45, 7) is 0.109. The molecule has 1 N–H and O–H groups in total. The quantitative estimate of drug-likeness (QED) is 0.619. The van der Waals surface area contributed by atoms with Gasteiger partial charge in [-0.25, -0.2) is 4.39 Å². The van der Waals surface area contributed by atoms with Gasteiger partial charge in [-0.2, -0.15) is 0 Å². The third-order valence-electron chi connectivity index (χ3n) is 5.52. The van der Waals surface area contributed by atoms with Crippen molar-refractivity contribution in [2.45, 2.75) is 44.3 Å². The molecule has 3 aromatic rings. The lowest BCUT2D eigenvalue weighted by Gasteiger charge is -2.31. The maximum absolute atomic E-state index is 13.4. The summed E-state index contributed by atoms with van der Waals surface area (Å²) in [5.41, 5.74) is 1.30. The number of hydrogen-bond donors (Lipinski definition) is 1. The second-order valence-electron chi connectivity index (χ2n) is 7.72. The molecule has 0 radical (unpaired) electrons. The first-order valence-corrected chi connectivity index (χ1v) is 10.4. The zero-order valence-electron chi connectivity index (χ0n) is 17.0. The normalized spacial score (nSPS) is 14.9. The van der Waals surface area contributed by atoms with Crippen LogP contribution < -0.4 is 5.32 Å². The smallest absolute Gasteiger partial charge is 0.290 e. The van der Waals surface area contributed by atoms with E-state index in [1.54, 1.807) is 48.8 Å². The predicted molar refractivity (Wildman–Crippen MR) is 112 cm³/mol. The number of nitrogens with one attached hydrogen (secondary N) is 1. The number of hydrogen-bond acceptors (Lipinski definition) is 4. The van der Waals surface area contributed by atoms with E-state index in [9.17, 15) is 14.0 Å². The first-order chi connectivity index (χ1) is 15.1. The van der Waals surface area contributed by atoms with Crippen LogP contribution in [-0.2, 0) is 11.3 Å². The Morgan fingerprint density at radius 2 is 1.90 bits per heavy atom. The largest absolute Gasteiger partial charge is 0.459 e. The summed E-state index contributed by atoms with van der Waals surface area (Å²) in [5, 5.41) is 3.10. The van der Waals surface area contributed by atoms with Crippen LogP contribution in [0.2, 0.25) is 0 Å². The molecule has 2 aromatic heterocycles. The third-order valence-corrected chi connectivity index (χ3v) is 5.52. The molecule has 4 rings (SSSR count). The molecule has 1 aliphatic rings. The van der Waals surface area contributed by atoms with Gasteiger partial charge in [-0.15, -0.1) is 0 Å². The first-order valence-electron chi connectivity index (χ1n) is 10.4. The molecule has 0 saturated heterocycles. The number of aromatic nitrogens is 1. The van der Waals surface area contributed by atoms with Gasteiger partial charge >= 0.3 is 0 Å². The van der Waals surface area contributed by atoms with Gasteiger partial charge < -0.3 is 14.6 Å². The van der Waals surface area contributed by atoms with Crippen molar-refractivity contribution in [2.24, 2.45) is 0 Å². The molecule has 160 valence electrons. The van der Waals surface area contributed by atoms with Crippen LogP contribution >= 0.6 is 0 Å². The Morgan fingerprint density at radius 1 is 1.13 bits per heavy atom. The molecule has 0 unspecified atom stereocenters. The standard InChI is InChI=1S/C24H24FN3O3/c25-19-11-9-17(10-12-19)16-28(24(30)21-8-4-14-31-21)22(18-5-3-13-26-15-18)23(29)27-20-6-1-2-7-20/h3-5,8-15,20,22H,1-2,6-7,16H2,(H,27,29)/t22-/m1/s1. The van der Waals surface area contributed by atoms with Crippen molar-refractivity contribution >= 4 is 11.8 Å². The maximum Gasteiger partial charge on any atom is 0.290 e. The average Bonchev–Trinajstić information content (AvgIpc) is 3.49. The van der Waals surface area contributed by atoms with Gasteiger partial charge in [0.1, 0.15) is 11.9 Å². The monoisotopic (exact) mass is 421 g/mol. The highest BCUT2D eigenvalue weighted by atomic mass is 19.1. The van der Waals surface area contributed by atoms with E-state index < -0.39 is 11.9 Å². The minimum absolute atomic E-state index is 0.0954. The van der Waals surface area contributed by atoms with E-state index in [0.29, 0.717) is 11.1 Å². The first kappa shape index (κ1) is 20.8. The fourth-order valence-corrected chi connectivity index (χ4v) is 3.97. The van der Waals surface area contributed by atoms with Gasteiger partial charge in [0, 0.05) is 30.5 Å². The molecule has 1 saturated carbocycles. The Bertz CT molecular complexity index is 1000. The molecule has 1 aliphatic carbocycles. The summed E-state index contributed by atoms with van der Waals surface area (Å²) in [6, 6.07) is 11.8. The summed E-state index contributed by atoms with van der Waals surface area (Å²) in [4.78, 5) is 32.4. The van der Waals surface area contributed by atoms with E-state index in [1.807, 2.05) is 0 Å². The number of amides is 2. The summed E-state index contributed by atoms with van der Waals surface area (Å²) in [7, 11) is 0. The number of furan rings is 1. The highest BCUT2D eigenvalue weighted by molar-refractivity contribution is 5.96. The van der Waals surface area contributed by atoms with Gasteiger partial charge in [0.2, 0.25) is 5.91 Å². The summed E-state index contributed by atoms with van der Waals surface area (Å²) in [5.74, 6) is -0.924. The van der Waals surface area contributed by atoms with Gasteiger partial charge in [0.15, 0.2) is 5.76 Å². The Balaban J connectivity index is 1.71. The Hall–Kier alpha value is -3.48. The van der Waals surface area contributed by atoms with Gasteiger partial charge in [0.25, 0.3) is 5.91 Å². The molecule has 0 bridgehead atoms. The second kappa shape index (κ2) is 9.55. The summed E-state index contributed by atoms with van der Waals surface area (Å²) < 4.78 is 18.8. The van der Waals surface area contributed by atoms with E-state index in [-0.39, 0.29) is 30.1 Å². The molecule has 0 spiro atoms. The Labute approximate surface area is 180 Å². The van der Waals surface area contributed by atoms with Crippen LogP contribution in [0, 0.1) is 5.82 Å². The van der Waals surface area contributed by atoms with Crippen LogP contribution in [0.5, 0.6) is 0 Å². The molecule has 7 heteroatoms. The number of carbonyl (C=O) groups is 2. The molecule has 31 heavy (non-hydrogen) atoms. The molecule has 0 aliphatic heterocycles. The Kier molecular flexibility index (Phi) is 6.40. The molecule has 2 amide bonds. The van der Waals surface area contributed by atoms with Gasteiger partial charge in [-0.3, -0.25) is 14.6 Å². The lowest BCUT2D eigenvalue weighted by atomic mass is 10.0. The Morgan fingerprint density at radius 3 is 2.55 bits per heavy atom. The van der Waals surface area contributed by atoms with Crippen molar-refractivity contribution in [3.8, 4) is 0 Å². The van der Waals surface area contributed by atoms with Crippen molar-refractivity contribution in [3.63, 3.8) is 0 Å². The van der Waals surface area contributed by atoms with Crippen molar-refractivity contribution < 1.29 is 18.4 Å². The van der Waals surface area contributed by atoms with Gasteiger partial charge in [-0.1, -0.05) is 31.0 Å². The molecule has 1 aromatic carbocycles. The van der Waals surface area contributed by atoms with E-state index in [1.165, 1.54) is 23.3 Å². The minimum atomic E-state index is -0.906. The SMILES string of the molecule is O=C(NC1CCCC1)[C@@H](c1cccnc1)N(Cc1ccc(F)cc1)C(=O)c1ccco1. The van der Waals surface area contributed by atoms with Gasteiger partial charge in [-0.05, 0) is 48.7 Å². The number of nitrogens with zero attached hydrogens (tertiary/aromatic N) is 2. The van der Waals surface area contributed by atoms with Crippen molar-refractivity contribution in [1.29, 1.82) is 0 Å². The molecule has 1 atom stereocenters. The van der Waals surface area contributed by atoms with Crippen molar-refractivity contribution in [2.75, 3.05) is 0 Å². The fourth-order valence-electron chi connectivity index (χ4n) is 3.97. The predicted octanol–water partition coefficient (Wildman–Crippen LogP) is 4.26. The number of carbonyl (C=O) groups excluding carboxylic acids is 2. The van der Waals surface area contributed by atoms with Crippen LogP contribution in [0.4, 0.5) is 4.39 Å². The van der Waals surface area contributed by atoms with Crippen LogP contribution in [0.1, 0.15) is 53.4 Å². The van der Waals surface area contributed by atoms with Crippen LogP contribution in [0.25, 0.3) is 0 Å². The fraction of sp³-hybridized carbons (Fsp3) is 0.292. The maximum atomic E-state index is 13.4. The van der Waals surface area contributed by atoms with Crippen LogP contribution in [0.15, 0.2) is 71.6 Å². The molecular formula is C24H24FN3O3. The molecule has 1 fully saturated rings. The van der Waals surface area contributed by atoms with Crippen molar-refractivity contribution in [1.82, 2.24) is 15.2 Å². The number of rotatable bonds is 7. The van der Waals surface area contributed by atoms with Crippen molar-refractivity contribution in [3.05, 3.63) is 89.9 Å². The second-order valence-corrected chi connectivity index (χ2v) is 7.72. The molecule has 2 heterocycles. The van der Waals surface area contributed by atoms with E-state index in [0.717, 1.165) is 25.7 Å². The van der Waals surface area contributed by atoms with E-state index in [2.05, 4.69) is 10.3 Å². The minimum Gasteiger partial charge on any atom is -0.459 e. The van der Waals surface area contributed by atoms with E-state index >= 15 is 0 Å². The third kappa shape index (κ3) is 4.99. The zero-order valence-corrected chi connectivity index (χ0v) is 17.0. The number of halogens is 1. The summed E-state index contributed by atoms with van der Waals surface area (Å²) in [6.07, 6.45) is 8.63.